The maximum absolute atomic E-state index is 9.94. The lowest BCUT2D eigenvalue weighted by atomic mass is 10.1. The van der Waals surface area contributed by atoms with Crippen molar-refractivity contribution < 1.29 is 14.4 Å². The Kier molecular flexibility index (Phi) is 5.22. The molecule has 1 saturated heterocycles. The van der Waals surface area contributed by atoms with Gasteiger partial charge < -0.3 is 19.3 Å². The van der Waals surface area contributed by atoms with Crippen LogP contribution in [0.4, 0.5) is 5.69 Å². The average molecular weight is 450 g/mol. The molecule has 2 unspecified atom stereocenters. The van der Waals surface area contributed by atoms with E-state index >= 15 is 0 Å². The van der Waals surface area contributed by atoms with Crippen LogP contribution in [0.3, 0.4) is 0 Å². The molecule has 0 aromatic carbocycles. The van der Waals surface area contributed by atoms with E-state index in [0.717, 1.165) is 0 Å². The molecule has 1 aliphatic heterocycles. The van der Waals surface area contributed by atoms with Gasteiger partial charge in [-0.25, -0.2) is 9.97 Å². The fraction of sp³-hybridized carbons (Fsp3) is 0.438. The first-order chi connectivity index (χ1) is 12.9. The Hall–Kier alpha value is -1.16. The number of anilines is 1. The number of halogens is 3. The molecule has 0 amide bonds. The van der Waals surface area contributed by atoms with E-state index in [-0.39, 0.29) is 28.4 Å². The minimum Gasteiger partial charge on any atom is -0.390 e. The van der Waals surface area contributed by atoms with E-state index in [2.05, 4.69) is 20.0 Å². The van der Waals surface area contributed by atoms with E-state index < -0.39 is 0 Å². The zero-order valence-electron chi connectivity index (χ0n) is 14.4. The van der Waals surface area contributed by atoms with Gasteiger partial charge in [0.1, 0.15) is 10.5 Å². The maximum atomic E-state index is 9.94. The third-order valence-electron chi connectivity index (χ3n) is 4.26. The highest BCUT2D eigenvalue weighted by Gasteiger charge is 2.30. The number of aliphatic hydroxyl groups excluding tert-OH is 1. The third-order valence-corrected chi connectivity index (χ3v) is 6.16. The number of nitrogens with zero attached hydrogens (tertiary/aromatic N) is 4. The first kappa shape index (κ1) is 19.2. The number of fused-ring (bicyclic) bond motifs is 1. The van der Waals surface area contributed by atoms with Gasteiger partial charge in [-0.05, 0) is 13.8 Å². The summed E-state index contributed by atoms with van der Waals surface area (Å²) in [5.74, 6) is 0. The van der Waals surface area contributed by atoms with Gasteiger partial charge in [-0.1, -0.05) is 51.3 Å². The lowest BCUT2D eigenvalue weighted by Gasteiger charge is -2.37. The van der Waals surface area contributed by atoms with E-state index in [0.29, 0.717) is 51.2 Å². The van der Waals surface area contributed by atoms with Crippen LogP contribution in [0.2, 0.25) is 14.6 Å². The fourth-order valence-corrected chi connectivity index (χ4v) is 5.04. The molecule has 11 heteroatoms. The lowest BCUT2D eigenvalue weighted by molar-refractivity contribution is -0.00533. The highest BCUT2D eigenvalue weighted by Crippen LogP contribution is 2.43. The molecule has 3 aromatic heterocycles. The van der Waals surface area contributed by atoms with Crippen molar-refractivity contribution in [3.8, 4) is 10.6 Å². The minimum absolute atomic E-state index is 0.0236. The number of ether oxygens (including phenoxy) is 1. The number of hydrogen-bond acceptors (Lipinski definition) is 8. The zero-order chi connectivity index (χ0) is 19.3. The van der Waals surface area contributed by atoms with Crippen LogP contribution in [0.25, 0.3) is 21.7 Å². The number of aromatic nitrogens is 3. The van der Waals surface area contributed by atoms with Gasteiger partial charge >= 0.3 is 0 Å². The quantitative estimate of drug-likeness (QED) is 0.634. The predicted molar refractivity (Wildman–Crippen MR) is 106 cm³/mol. The number of morpholine rings is 1. The summed E-state index contributed by atoms with van der Waals surface area (Å²) in [5.41, 5.74) is 2.19. The average Bonchev–Trinajstić information content (AvgIpc) is 3.16. The van der Waals surface area contributed by atoms with Crippen molar-refractivity contribution >= 4 is 62.9 Å². The summed E-state index contributed by atoms with van der Waals surface area (Å²) in [7, 11) is 0. The van der Waals surface area contributed by atoms with Crippen molar-refractivity contribution in [1.82, 2.24) is 15.1 Å². The molecule has 0 aliphatic carbocycles. The Labute approximate surface area is 173 Å². The summed E-state index contributed by atoms with van der Waals surface area (Å²) in [5, 5.41) is 14.6. The van der Waals surface area contributed by atoms with Crippen molar-refractivity contribution in [2.45, 2.75) is 32.7 Å². The normalized spacial score (nSPS) is 20.6. The van der Waals surface area contributed by atoms with Crippen LogP contribution in [0.5, 0.6) is 0 Å². The first-order valence-corrected chi connectivity index (χ1v) is 10.1. The highest BCUT2D eigenvalue weighted by atomic mass is 35.5. The Morgan fingerprint density at radius 2 is 1.89 bits per heavy atom. The summed E-state index contributed by atoms with van der Waals surface area (Å²) < 4.78 is 11.5. The van der Waals surface area contributed by atoms with Gasteiger partial charge in [0.2, 0.25) is 5.58 Å². The molecule has 0 bridgehead atoms. The molecule has 1 N–H and O–H groups in total. The maximum Gasteiger partial charge on any atom is 0.206 e. The first-order valence-electron chi connectivity index (χ1n) is 8.20. The van der Waals surface area contributed by atoms with Crippen molar-refractivity contribution in [2.24, 2.45) is 0 Å². The second kappa shape index (κ2) is 7.35. The van der Waals surface area contributed by atoms with Gasteiger partial charge in [0.05, 0.1) is 35.1 Å². The van der Waals surface area contributed by atoms with Crippen molar-refractivity contribution in [3.05, 3.63) is 20.3 Å². The Morgan fingerprint density at radius 1 is 1.19 bits per heavy atom. The summed E-state index contributed by atoms with van der Waals surface area (Å²) in [6.45, 7) is 4.95. The smallest absolute Gasteiger partial charge is 0.206 e. The molecular weight excluding hydrogens is 435 g/mol. The van der Waals surface area contributed by atoms with Crippen molar-refractivity contribution in [2.75, 3.05) is 18.0 Å². The van der Waals surface area contributed by atoms with E-state index in [1.165, 1.54) is 11.3 Å². The largest absolute Gasteiger partial charge is 0.390 e. The van der Waals surface area contributed by atoms with Crippen molar-refractivity contribution in [1.29, 1.82) is 0 Å². The van der Waals surface area contributed by atoms with Crippen LogP contribution in [0, 0.1) is 0 Å². The molecule has 2 atom stereocenters. The molecule has 1 aliphatic rings. The highest BCUT2D eigenvalue weighted by molar-refractivity contribution is 7.19. The Bertz CT molecular complexity index is 999. The second-order valence-corrected chi connectivity index (χ2v) is 8.65. The summed E-state index contributed by atoms with van der Waals surface area (Å²) in [4.78, 5) is 11.1. The third kappa shape index (κ3) is 3.39. The van der Waals surface area contributed by atoms with Gasteiger partial charge in [0, 0.05) is 13.1 Å². The van der Waals surface area contributed by atoms with Crippen LogP contribution in [-0.4, -0.2) is 45.5 Å². The monoisotopic (exact) mass is 448 g/mol. The summed E-state index contributed by atoms with van der Waals surface area (Å²) in [6.07, 6.45) is 0.0472. The fourth-order valence-electron chi connectivity index (χ4n) is 3.32. The van der Waals surface area contributed by atoms with Crippen LogP contribution in [0.1, 0.15) is 19.5 Å². The van der Waals surface area contributed by atoms with E-state index in [1.54, 1.807) is 0 Å². The minimum atomic E-state index is -0.285. The molecule has 0 saturated carbocycles. The van der Waals surface area contributed by atoms with Gasteiger partial charge in [-0.2, -0.15) is 0 Å². The second-order valence-electron chi connectivity index (χ2n) is 6.34. The predicted octanol–water partition coefficient (Wildman–Crippen LogP) is 4.41. The van der Waals surface area contributed by atoms with Gasteiger partial charge in [-0.15, -0.1) is 0 Å². The van der Waals surface area contributed by atoms with Crippen LogP contribution in [0.15, 0.2) is 4.52 Å². The van der Waals surface area contributed by atoms with Crippen LogP contribution in [-0.2, 0) is 11.3 Å². The molecule has 0 spiro atoms. The molecule has 7 nitrogen and oxygen atoms in total. The molecular formula is C16H15Cl3N4O3S. The summed E-state index contributed by atoms with van der Waals surface area (Å²) in [6, 6.07) is 0. The number of aliphatic hydroxyl groups is 1. The number of thiazole rings is 1. The molecule has 27 heavy (non-hydrogen) atoms. The SMILES string of the molecule is CC1CN(c2c(CO)nc3c(-c4sc(Cl)nc4Cl)noc3c2Cl)CC(C)O1. The summed E-state index contributed by atoms with van der Waals surface area (Å²) >= 11 is 19.9. The topological polar surface area (TPSA) is 84.5 Å². The molecule has 144 valence electrons. The molecule has 3 aromatic rings. The number of hydrogen-bond donors (Lipinski definition) is 1. The van der Waals surface area contributed by atoms with Gasteiger partial charge in [0.15, 0.2) is 15.3 Å². The lowest BCUT2D eigenvalue weighted by Crippen LogP contribution is -2.46. The Balaban J connectivity index is 1.88. The van der Waals surface area contributed by atoms with E-state index in [9.17, 15) is 5.11 Å². The van der Waals surface area contributed by atoms with Gasteiger partial charge in [0.25, 0.3) is 0 Å². The Morgan fingerprint density at radius 3 is 2.48 bits per heavy atom. The van der Waals surface area contributed by atoms with Crippen LogP contribution >= 0.6 is 46.1 Å². The standard InChI is InChI=1S/C16H15Cl3N4O3S/c1-6-3-23(4-7(2)25-6)12-8(5-24)20-10-11(22-26-13(10)9(12)17)14-15(18)21-16(19)27-14/h6-7,24H,3-5H2,1-2H3. The van der Waals surface area contributed by atoms with Crippen molar-refractivity contribution in [3.63, 3.8) is 0 Å². The zero-order valence-corrected chi connectivity index (χ0v) is 17.5. The molecule has 4 rings (SSSR count). The molecule has 4 heterocycles. The molecule has 1 fully saturated rings. The van der Waals surface area contributed by atoms with E-state index in [4.69, 9.17) is 44.1 Å². The van der Waals surface area contributed by atoms with Crippen LogP contribution < -0.4 is 4.90 Å². The number of pyridine rings is 1. The number of rotatable bonds is 3. The molecule has 0 radical (unpaired) electrons. The van der Waals surface area contributed by atoms with Gasteiger partial charge in [-0.3, -0.25) is 0 Å². The van der Waals surface area contributed by atoms with E-state index in [1.807, 2.05) is 13.8 Å².